The maximum atomic E-state index is 5.97. The summed E-state index contributed by atoms with van der Waals surface area (Å²) in [5.41, 5.74) is 3.45. The van der Waals surface area contributed by atoms with E-state index in [9.17, 15) is 0 Å². The van der Waals surface area contributed by atoms with E-state index < -0.39 is 0 Å². The molecule has 16 heavy (non-hydrogen) atoms. The number of aryl methyl sites for hydroxylation is 1. The van der Waals surface area contributed by atoms with E-state index in [0.717, 1.165) is 36.0 Å². The molecule has 0 unspecified atom stereocenters. The monoisotopic (exact) mass is 300 g/mol. The van der Waals surface area contributed by atoms with E-state index in [4.69, 9.17) is 11.6 Å². The molecule has 0 spiro atoms. The third-order valence-electron chi connectivity index (χ3n) is 2.74. The summed E-state index contributed by atoms with van der Waals surface area (Å²) in [6, 6.07) is 2.04. The lowest BCUT2D eigenvalue weighted by molar-refractivity contribution is 0.806. The minimum Gasteiger partial charge on any atom is -0.289 e. The molecule has 86 valence electrons. The molecule has 2 nitrogen and oxygen atoms in total. The second-order valence-electron chi connectivity index (χ2n) is 3.94. The number of nitrogens with zero attached hydrogens (tertiary/aromatic N) is 2. The molecule has 0 fully saturated rings. The van der Waals surface area contributed by atoms with Gasteiger partial charge in [-0.05, 0) is 41.3 Å². The standard InChI is InChI=1S/C12H14BrClN2/c1-2-3-6-15-10-4-5-11-8(10)7-9(13)12(14)16-11/h7H,2-6H2,1H3. The first-order valence-corrected chi connectivity index (χ1v) is 6.78. The predicted molar refractivity (Wildman–Crippen MR) is 71.6 cm³/mol. The van der Waals surface area contributed by atoms with Gasteiger partial charge in [0.15, 0.2) is 0 Å². The second-order valence-corrected chi connectivity index (χ2v) is 5.15. The van der Waals surface area contributed by atoms with Crippen LogP contribution in [0.5, 0.6) is 0 Å². The second kappa shape index (κ2) is 5.28. The van der Waals surface area contributed by atoms with Gasteiger partial charge in [0.05, 0.1) is 10.2 Å². The first-order chi connectivity index (χ1) is 7.72. The molecule has 2 rings (SSSR count). The summed E-state index contributed by atoms with van der Waals surface area (Å²) < 4.78 is 0.859. The summed E-state index contributed by atoms with van der Waals surface area (Å²) >= 11 is 9.38. The van der Waals surface area contributed by atoms with Crippen LogP contribution in [0.3, 0.4) is 0 Å². The third kappa shape index (κ3) is 2.46. The molecule has 0 aromatic carbocycles. The van der Waals surface area contributed by atoms with Crippen molar-refractivity contribution in [2.24, 2.45) is 4.99 Å². The zero-order chi connectivity index (χ0) is 11.5. The Morgan fingerprint density at radius 2 is 2.31 bits per heavy atom. The van der Waals surface area contributed by atoms with Crippen LogP contribution >= 0.6 is 27.5 Å². The Hall–Kier alpha value is -0.410. The highest BCUT2D eigenvalue weighted by molar-refractivity contribution is 9.10. The summed E-state index contributed by atoms with van der Waals surface area (Å²) in [4.78, 5) is 9.01. The van der Waals surface area contributed by atoms with Crippen molar-refractivity contribution in [1.29, 1.82) is 0 Å². The molecule has 0 atom stereocenters. The van der Waals surface area contributed by atoms with Gasteiger partial charge in [0, 0.05) is 17.8 Å². The first-order valence-electron chi connectivity index (χ1n) is 5.61. The van der Waals surface area contributed by atoms with Crippen LogP contribution in [-0.4, -0.2) is 17.2 Å². The van der Waals surface area contributed by atoms with Crippen molar-refractivity contribution in [2.45, 2.75) is 32.6 Å². The minimum atomic E-state index is 0.550. The average molecular weight is 302 g/mol. The fraction of sp³-hybridized carbons (Fsp3) is 0.500. The summed E-state index contributed by atoms with van der Waals surface area (Å²) in [7, 11) is 0. The number of aliphatic imine (C=N–C) groups is 1. The molecule has 0 radical (unpaired) electrons. The summed E-state index contributed by atoms with van der Waals surface area (Å²) in [6.45, 7) is 3.10. The van der Waals surface area contributed by atoms with Crippen molar-refractivity contribution in [3.05, 3.63) is 26.9 Å². The summed E-state index contributed by atoms with van der Waals surface area (Å²) in [5, 5.41) is 0.550. The Labute approximate surface area is 109 Å². The van der Waals surface area contributed by atoms with Crippen LogP contribution in [0.1, 0.15) is 37.4 Å². The molecular weight excluding hydrogens is 288 g/mol. The zero-order valence-corrected chi connectivity index (χ0v) is 11.6. The van der Waals surface area contributed by atoms with Crippen molar-refractivity contribution in [2.75, 3.05) is 6.54 Å². The average Bonchev–Trinajstić information content (AvgIpc) is 2.63. The van der Waals surface area contributed by atoms with E-state index >= 15 is 0 Å². The van der Waals surface area contributed by atoms with E-state index in [-0.39, 0.29) is 0 Å². The normalized spacial score (nSPS) is 16.8. The number of hydrogen-bond donors (Lipinski definition) is 0. The molecule has 0 amide bonds. The van der Waals surface area contributed by atoms with Crippen LogP contribution in [0.2, 0.25) is 5.15 Å². The van der Waals surface area contributed by atoms with Crippen molar-refractivity contribution < 1.29 is 0 Å². The molecule has 0 aliphatic heterocycles. The largest absolute Gasteiger partial charge is 0.289 e. The molecular formula is C12H14BrClN2. The fourth-order valence-electron chi connectivity index (χ4n) is 1.85. The lowest BCUT2D eigenvalue weighted by Gasteiger charge is -2.02. The number of fused-ring (bicyclic) bond motifs is 1. The molecule has 1 aliphatic rings. The Bertz CT molecular complexity index is 429. The first kappa shape index (κ1) is 12.1. The highest BCUT2D eigenvalue weighted by atomic mass is 79.9. The van der Waals surface area contributed by atoms with Crippen LogP contribution in [0.4, 0.5) is 0 Å². The number of pyridine rings is 1. The zero-order valence-electron chi connectivity index (χ0n) is 9.26. The van der Waals surface area contributed by atoms with Gasteiger partial charge < -0.3 is 0 Å². The van der Waals surface area contributed by atoms with E-state index in [2.05, 4.69) is 32.8 Å². The van der Waals surface area contributed by atoms with Crippen molar-refractivity contribution in [3.63, 3.8) is 0 Å². The van der Waals surface area contributed by atoms with Gasteiger partial charge in [0.2, 0.25) is 0 Å². The van der Waals surface area contributed by atoms with Gasteiger partial charge in [-0.15, -0.1) is 0 Å². The van der Waals surface area contributed by atoms with Crippen LogP contribution in [0.25, 0.3) is 0 Å². The number of aromatic nitrogens is 1. The predicted octanol–water partition coefficient (Wildman–Crippen LogP) is 4.03. The Morgan fingerprint density at radius 3 is 3.06 bits per heavy atom. The Morgan fingerprint density at radius 1 is 1.50 bits per heavy atom. The molecule has 1 aromatic rings. The smallest absolute Gasteiger partial charge is 0.143 e. The highest BCUT2D eigenvalue weighted by Gasteiger charge is 2.20. The molecule has 0 saturated heterocycles. The topological polar surface area (TPSA) is 25.2 Å². The van der Waals surface area contributed by atoms with Gasteiger partial charge in [0.1, 0.15) is 5.15 Å². The van der Waals surface area contributed by atoms with Crippen LogP contribution in [0.15, 0.2) is 15.5 Å². The van der Waals surface area contributed by atoms with Gasteiger partial charge in [-0.25, -0.2) is 4.98 Å². The Kier molecular flexibility index (Phi) is 3.98. The van der Waals surface area contributed by atoms with Crippen LogP contribution in [-0.2, 0) is 6.42 Å². The summed E-state index contributed by atoms with van der Waals surface area (Å²) in [6.07, 6.45) is 4.30. The van der Waals surface area contributed by atoms with E-state index in [1.807, 2.05) is 6.07 Å². The maximum absolute atomic E-state index is 5.97. The quantitative estimate of drug-likeness (QED) is 0.611. The Balaban J connectivity index is 2.25. The van der Waals surface area contributed by atoms with Crippen LogP contribution in [0, 0.1) is 0 Å². The SMILES string of the molecule is CCCCN=C1CCc2nc(Cl)c(Br)cc21. The fourth-order valence-corrected chi connectivity index (χ4v) is 2.32. The minimum absolute atomic E-state index is 0.550. The van der Waals surface area contributed by atoms with Crippen molar-refractivity contribution in [1.82, 2.24) is 4.98 Å². The van der Waals surface area contributed by atoms with Crippen molar-refractivity contribution in [3.8, 4) is 0 Å². The van der Waals surface area contributed by atoms with Crippen molar-refractivity contribution >= 4 is 33.2 Å². The number of rotatable bonds is 3. The van der Waals surface area contributed by atoms with E-state index in [1.165, 1.54) is 17.7 Å². The molecule has 4 heteroatoms. The van der Waals surface area contributed by atoms with Gasteiger partial charge in [-0.2, -0.15) is 0 Å². The molecule has 0 bridgehead atoms. The molecule has 0 N–H and O–H groups in total. The maximum Gasteiger partial charge on any atom is 0.143 e. The van der Waals surface area contributed by atoms with Gasteiger partial charge in [0.25, 0.3) is 0 Å². The molecule has 1 heterocycles. The molecule has 1 aliphatic carbocycles. The van der Waals surface area contributed by atoms with E-state index in [1.54, 1.807) is 0 Å². The van der Waals surface area contributed by atoms with Gasteiger partial charge in [-0.3, -0.25) is 4.99 Å². The molecule has 1 aromatic heterocycles. The van der Waals surface area contributed by atoms with Crippen LogP contribution < -0.4 is 0 Å². The third-order valence-corrected chi connectivity index (χ3v) is 3.86. The number of hydrogen-bond acceptors (Lipinski definition) is 2. The molecule has 0 saturated carbocycles. The lowest BCUT2D eigenvalue weighted by atomic mass is 10.2. The van der Waals surface area contributed by atoms with Gasteiger partial charge in [-0.1, -0.05) is 24.9 Å². The summed E-state index contributed by atoms with van der Waals surface area (Å²) in [5.74, 6) is 0. The lowest BCUT2D eigenvalue weighted by Crippen LogP contribution is -1.98. The van der Waals surface area contributed by atoms with Gasteiger partial charge >= 0.3 is 0 Å². The highest BCUT2D eigenvalue weighted by Crippen LogP contribution is 2.28. The van der Waals surface area contributed by atoms with E-state index in [0.29, 0.717) is 5.15 Å². The number of unbranched alkanes of at least 4 members (excludes halogenated alkanes) is 1. The number of halogens is 2.